The Morgan fingerprint density at radius 3 is 2.79 bits per heavy atom. The lowest BCUT2D eigenvalue weighted by atomic mass is 9.69. The summed E-state index contributed by atoms with van der Waals surface area (Å²) in [6.45, 7) is 3.95. The maximum atomic E-state index is 12.9. The van der Waals surface area contributed by atoms with Crippen molar-refractivity contribution in [2.75, 3.05) is 25.5 Å². The van der Waals surface area contributed by atoms with E-state index in [2.05, 4.69) is 37.6 Å². The van der Waals surface area contributed by atoms with Gasteiger partial charge in [0.15, 0.2) is 0 Å². The van der Waals surface area contributed by atoms with Gasteiger partial charge < -0.3 is 10.2 Å². The van der Waals surface area contributed by atoms with Crippen LogP contribution in [-0.4, -0.2) is 56.9 Å². The molecule has 0 aromatic carbocycles. The molecule has 2 amide bonds. The molecular weight excluding hydrogens is 414 g/mol. The quantitative estimate of drug-likeness (QED) is 0.625. The van der Waals surface area contributed by atoms with E-state index in [4.69, 9.17) is 0 Å². The Morgan fingerprint density at radius 1 is 1.12 bits per heavy atom. The number of nitrogens with zero attached hydrogens (tertiary/aromatic N) is 5. The van der Waals surface area contributed by atoms with Gasteiger partial charge in [-0.3, -0.25) is 10.3 Å². The topological polar surface area (TPSA) is 88.0 Å². The smallest absolute Gasteiger partial charge is 0.320 e. The van der Waals surface area contributed by atoms with Gasteiger partial charge in [-0.2, -0.15) is 5.10 Å². The number of carbonyl (C=O) groups is 1. The fourth-order valence-electron chi connectivity index (χ4n) is 5.64. The lowest BCUT2D eigenvalue weighted by Crippen LogP contribution is -2.45. The number of hydrogen-bond acceptors (Lipinski definition) is 5. The van der Waals surface area contributed by atoms with E-state index in [1.165, 1.54) is 38.5 Å². The minimum atomic E-state index is -0.190. The minimum Gasteiger partial charge on any atom is -0.334 e. The number of anilines is 1. The van der Waals surface area contributed by atoms with Gasteiger partial charge in [0.2, 0.25) is 0 Å². The van der Waals surface area contributed by atoms with Crippen LogP contribution in [0.25, 0.3) is 16.6 Å². The second-order valence-corrected chi connectivity index (χ2v) is 9.91. The van der Waals surface area contributed by atoms with E-state index >= 15 is 0 Å². The first-order valence-corrected chi connectivity index (χ1v) is 12.0. The standard InChI is InChI=1S/C25H33N7O/c1-18-12-21(6-10-26-18)32-22-16-27-23(13-19(22)15-28-32)30-24(33)29-20-14-25(7-4-3-5-8-25)9-11-31(2)17-20/h6,10,12-13,15-16,20H,3-5,7-9,11,14,17H2,1-2H3,(H2,27,29,30,33)/t20-/m1/s1. The number of carbonyl (C=O) groups excluding carboxylic acids is 1. The molecule has 3 aromatic rings. The Kier molecular flexibility index (Phi) is 6.01. The number of aryl methyl sites for hydroxylation is 1. The number of aromatic nitrogens is 4. The SMILES string of the molecule is Cc1cc(-n2ncc3cc(NC(=O)N[C@H]4CN(C)CCC5(CCCCC5)C4)ncc32)ccn1. The van der Waals surface area contributed by atoms with Crippen LogP contribution >= 0.6 is 0 Å². The summed E-state index contributed by atoms with van der Waals surface area (Å²) < 4.78 is 1.84. The first kappa shape index (κ1) is 21.8. The van der Waals surface area contributed by atoms with Gasteiger partial charge in [-0.1, -0.05) is 19.3 Å². The molecule has 1 atom stereocenters. The van der Waals surface area contributed by atoms with Crippen LogP contribution in [0.5, 0.6) is 0 Å². The van der Waals surface area contributed by atoms with Crippen LogP contribution in [0, 0.1) is 12.3 Å². The Bertz CT molecular complexity index is 1130. The molecule has 174 valence electrons. The second kappa shape index (κ2) is 9.09. The van der Waals surface area contributed by atoms with Gasteiger partial charge >= 0.3 is 6.03 Å². The number of hydrogen-bond donors (Lipinski definition) is 2. The number of rotatable bonds is 3. The van der Waals surface area contributed by atoms with Crippen LogP contribution in [0.2, 0.25) is 0 Å². The first-order valence-electron chi connectivity index (χ1n) is 12.0. The number of amides is 2. The molecule has 8 heteroatoms. The Hall–Kier alpha value is -3.00. The molecule has 1 aliphatic heterocycles. The predicted octanol–water partition coefficient (Wildman–Crippen LogP) is 4.29. The van der Waals surface area contributed by atoms with Crippen LogP contribution in [0.15, 0.2) is 36.8 Å². The van der Waals surface area contributed by atoms with E-state index in [1.54, 1.807) is 18.6 Å². The zero-order valence-corrected chi connectivity index (χ0v) is 19.5. The van der Waals surface area contributed by atoms with Crippen LogP contribution in [-0.2, 0) is 0 Å². The summed E-state index contributed by atoms with van der Waals surface area (Å²) in [7, 11) is 2.16. The van der Waals surface area contributed by atoms with E-state index < -0.39 is 0 Å². The number of fused-ring (bicyclic) bond motifs is 1. The van der Waals surface area contributed by atoms with Crippen LogP contribution in [0.3, 0.4) is 0 Å². The zero-order valence-electron chi connectivity index (χ0n) is 19.5. The molecule has 2 aliphatic rings. The highest BCUT2D eigenvalue weighted by Crippen LogP contribution is 2.44. The highest BCUT2D eigenvalue weighted by atomic mass is 16.2. The molecule has 0 radical (unpaired) electrons. The minimum absolute atomic E-state index is 0.150. The van der Waals surface area contributed by atoms with Crippen molar-refractivity contribution in [1.29, 1.82) is 0 Å². The molecule has 4 heterocycles. The summed E-state index contributed by atoms with van der Waals surface area (Å²) in [6.07, 6.45) is 14.2. The molecule has 33 heavy (non-hydrogen) atoms. The fraction of sp³-hybridized carbons (Fsp3) is 0.520. The van der Waals surface area contributed by atoms with Crippen LogP contribution in [0.4, 0.5) is 10.6 Å². The number of nitrogens with one attached hydrogen (secondary N) is 2. The maximum Gasteiger partial charge on any atom is 0.320 e. The van der Waals surface area contributed by atoms with E-state index in [0.717, 1.165) is 41.8 Å². The van der Waals surface area contributed by atoms with Crippen LogP contribution < -0.4 is 10.6 Å². The molecule has 1 aliphatic carbocycles. The fourth-order valence-corrected chi connectivity index (χ4v) is 5.64. The zero-order chi connectivity index (χ0) is 22.8. The van der Waals surface area contributed by atoms with Crippen molar-refractivity contribution in [2.45, 2.75) is 57.9 Å². The third kappa shape index (κ3) is 4.85. The molecule has 1 saturated carbocycles. The number of urea groups is 1. The third-order valence-electron chi connectivity index (χ3n) is 7.31. The second-order valence-electron chi connectivity index (χ2n) is 9.91. The maximum absolute atomic E-state index is 12.9. The van der Waals surface area contributed by atoms with E-state index in [1.807, 2.05) is 29.8 Å². The van der Waals surface area contributed by atoms with Crippen molar-refractivity contribution >= 4 is 22.8 Å². The van der Waals surface area contributed by atoms with Gasteiger partial charge in [0.05, 0.1) is 23.6 Å². The average Bonchev–Trinajstić information content (AvgIpc) is 3.15. The van der Waals surface area contributed by atoms with E-state index in [0.29, 0.717) is 11.2 Å². The van der Waals surface area contributed by atoms with Gasteiger partial charge in [-0.25, -0.2) is 14.5 Å². The number of likely N-dealkylation sites (tertiary alicyclic amines) is 1. The van der Waals surface area contributed by atoms with E-state index in [9.17, 15) is 4.79 Å². The number of likely N-dealkylation sites (N-methyl/N-ethyl adjacent to an activating group) is 1. The number of pyridine rings is 2. The summed E-state index contributed by atoms with van der Waals surface area (Å²) in [5.74, 6) is 0.528. The van der Waals surface area contributed by atoms with Crippen LogP contribution in [0.1, 0.15) is 50.6 Å². The molecule has 3 aromatic heterocycles. The Morgan fingerprint density at radius 2 is 1.97 bits per heavy atom. The van der Waals surface area contributed by atoms with Gasteiger partial charge in [-0.05, 0) is 69.8 Å². The van der Waals surface area contributed by atoms with Crippen molar-refractivity contribution in [1.82, 2.24) is 30.0 Å². The largest absolute Gasteiger partial charge is 0.334 e. The lowest BCUT2D eigenvalue weighted by Gasteiger charge is -2.38. The molecule has 0 bridgehead atoms. The summed E-state index contributed by atoms with van der Waals surface area (Å²) in [5, 5.41) is 11.6. The Balaban J connectivity index is 1.28. The lowest BCUT2D eigenvalue weighted by molar-refractivity contribution is 0.151. The molecule has 1 saturated heterocycles. The summed E-state index contributed by atoms with van der Waals surface area (Å²) in [6, 6.07) is 5.73. The molecule has 0 unspecified atom stereocenters. The highest BCUT2D eigenvalue weighted by Gasteiger charge is 2.37. The predicted molar refractivity (Wildman–Crippen MR) is 130 cm³/mol. The van der Waals surface area contributed by atoms with Crippen molar-refractivity contribution in [3.8, 4) is 5.69 Å². The van der Waals surface area contributed by atoms with Gasteiger partial charge in [-0.15, -0.1) is 0 Å². The summed E-state index contributed by atoms with van der Waals surface area (Å²) >= 11 is 0. The van der Waals surface area contributed by atoms with Gasteiger partial charge in [0.25, 0.3) is 0 Å². The third-order valence-corrected chi connectivity index (χ3v) is 7.31. The van der Waals surface area contributed by atoms with Crippen molar-refractivity contribution in [2.24, 2.45) is 5.41 Å². The van der Waals surface area contributed by atoms with Crippen molar-refractivity contribution in [3.63, 3.8) is 0 Å². The molecule has 1 spiro atoms. The monoisotopic (exact) mass is 447 g/mol. The normalized spacial score (nSPS) is 21.1. The molecular formula is C25H33N7O. The summed E-state index contributed by atoms with van der Waals surface area (Å²) in [4.78, 5) is 23.9. The molecule has 5 rings (SSSR count). The van der Waals surface area contributed by atoms with Crippen molar-refractivity contribution in [3.05, 3.63) is 42.5 Å². The summed E-state index contributed by atoms with van der Waals surface area (Å²) in [5.41, 5.74) is 3.14. The first-order chi connectivity index (χ1) is 16.0. The van der Waals surface area contributed by atoms with E-state index in [-0.39, 0.29) is 12.1 Å². The average molecular weight is 448 g/mol. The van der Waals surface area contributed by atoms with Gasteiger partial charge in [0.1, 0.15) is 5.82 Å². The van der Waals surface area contributed by atoms with Crippen molar-refractivity contribution < 1.29 is 4.79 Å². The van der Waals surface area contributed by atoms with Gasteiger partial charge in [0, 0.05) is 29.9 Å². The molecule has 8 nitrogen and oxygen atoms in total. The molecule has 2 fully saturated rings. The highest BCUT2D eigenvalue weighted by molar-refractivity contribution is 5.91. The Labute approximate surface area is 194 Å². The molecule has 2 N–H and O–H groups in total.